The summed E-state index contributed by atoms with van der Waals surface area (Å²) in [4.78, 5) is 10.5. The summed E-state index contributed by atoms with van der Waals surface area (Å²) in [6.07, 6.45) is 0. The molecule has 0 atom stereocenters. The van der Waals surface area contributed by atoms with E-state index in [4.69, 9.17) is 9.97 Å². The standard InChI is InChI=1S/C54H34N2/c1-4-14-35(15-5-1)49-32-27-38-24-25-39-28-33-50(56-54(39)53(38)55-49)44-31-30-41(42-20-10-11-21-43(42)44)40-26-29-47-48(34-40)52(37-18-8-3-9-19-37)46-23-13-12-22-45(46)51(47)36-16-6-2-7-17-36/h1-34H. The zero-order chi connectivity index (χ0) is 37.0. The molecule has 0 aliphatic heterocycles. The molecule has 0 aliphatic rings. The van der Waals surface area contributed by atoms with Gasteiger partial charge in [-0.25, -0.2) is 9.97 Å². The lowest BCUT2D eigenvalue weighted by Gasteiger charge is -2.19. The molecule has 0 saturated heterocycles. The normalized spacial score (nSPS) is 11.6. The maximum Gasteiger partial charge on any atom is 0.0972 e. The number of hydrogen-bond acceptors (Lipinski definition) is 2. The van der Waals surface area contributed by atoms with Crippen LogP contribution in [0.4, 0.5) is 0 Å². The van der Waals surface area contributed by atoms with Gasteiger partial charge < -0.3 is 0 Å². The molecule has 0 spiro atoms. The molecular weight excluding hydrogens is 677 g/mol. The summed E-state index contributed by atoms with van der Waals surface area (Å²) in [6, 6.07) is 74.1. The second-order valence-electron chi connectivity index (χ2n) is 14.5. The van der Waals surface area contributed by atoms with Gasteiger partial charge in [0.2, 0.25) is 0 Å². The number of pyridine rings is 2. The third-order valence-corrected chi connectivity index (χ3v) is 11.2. The topological polar surface area (TPSA) is 25.8 Å². The first-order valence-electron chi connectivity index (χ1n) is 19.2. The summed E-state index contributed by atoms with van der Waals surface area (Å²) in [7, 11) is 0. The maximum absolute atomic E-state index is 5.35. The van der Waals surface area contributed by atoms with Gasteiger partial charge in [0.05, 0.1) is 22.4 Å². The van der Waals surface area contributed by atoms with Crippen molar-refractivity contribution in [2.45, 2.75) is 0 Å². The fourth-order valence-electron chi connectivity index (χ4n) is 8.64. The Balaban J connectivity index is 1.12. The number of hydrogen-bond donors (Lipinski definition) is 0. The van der Waals surface area contributed by atoms with Gasteiger partial charge in [-0.05, 0) is 83.9 Å². The van der Waals surface area contributed by atoms with Gasteiger partial charge in [0.1, 0.15) is 0 Å². The molecule has 0 amide bonds. The zero-order valence-electron chi connectivity index (χ0n) is 30.5. The van der Waals surface area contributed by atoms with E-state index in [1.165, 1.54) is 65.7 Å². The first kappa shape index (κ1) is 32.0. The molecule has 0 unspecified atom stereocenters. The van der Waals surface area contributed by atoms with Crippen LogP contribution in [0.5, 0.6) is 0 Å². The highest BCUT2D eigenvalue weighted by atomic mass is 14.8. The first-order valence-corrected chi connectivity index (χ1v) is 19.2. The fourth-order valence-corrected chi connectivity index (χ4v) is 8.64. The lowest BCUT2D eigenvalue weighted by Crippen LogP contribution is -1.93. The minimum Gasteiger partial charge on any atom is -0.245 e. The van der Waals surface area contributed by atoms with Crippen molar-refractivity contribution in [2.75, 3.05) is 0 Å². The van der Waals surface area contributed by atoms with E-state index in [9.17, 15) is 0 Å². The van der Waals surface area contributed by atoms with Gasteiger partial charge in [0, 0.05) is 21.9 Å². The van der Waals surface area contributed by atoms with E-state index < -0.39 is 0 Å². The van der Waals surface area contributed by atoms with Crippen LogP contribution in [0.3, 0.4) is 0 Å². The third-order valence-electron chi connectivity index (χ3n) is 11.2. The molecular formula is C54H34N2. The lowest BCUT2D eigenvalue weighted by atomic mass is 9.84. The highest BCUT2D eigenvalue weighted by Gasteiger charge is 2.19. The van der Waals surface area contributed by atoms with Crippen molar-refractivity contribution >= 4 is 54.1 Å². The Bertz CT molecular complexity index is 3280. The van der Waals surface area contributed by atoms with Gasteiger partial charge in [-0.3, -0.25) is 0 Å². The second kappa shape index (κ2) is 13.2. The number of aromatic nitrogens is 2. The molecule has 2 nitrogen and oxygen atoms in total. The average Bonchev–Trinajstić information content (AvgIpc) is 3.28. The van der Waals surface area contributed by atoms with Gasteiger partial charge in [0.25, 0.3) is 0 Å². The molecule has 0 N–H and O–H groups in total. The van der Waals surface area contributed by atoms with Crippen molar-refractivity contribution in [2.24, 2.45) is 0 Å². The molecule has 0 aliphatic carbocycles. The molecule has 2 heteroatoms. The number of fused-ring (bicyclic) bond motifs is 6. The van der Waals surface area contributed by atoms with Crippen LogP contribution in [-0.2, 0) is 0 Å². The van der Waals surface area contributed by atoms with Crippen LogP contribution in [0, 0.1) is 0 Å². The van der Waals surface area contributed by atoms with Crippen molar-refractivity contribution in [3.63, 3.8) is 0 Å². The Labute approximate surface area is 325 Å². The molecule has 0 bridgehead atoms. The van der Waals surface area contributed by atoms with Gasteiger partial charge in [0.15, 0.2) is 0 Å². The Morgan fingerprint density at radius 2 is 0.679 bits per heavy atom. The van der Waals surface area contributed by atoms with E-state index in [1.807, 2.05) is 6.07 Å². The van der Waals surface area contributed by atoms with Gasteiger partial charge >= 0.3 is 0 Å². The molecule has 9 aromatic carbocycles. The highest BCUT2D eigenvalue weighted by Crippen LogP contribution is 2.46. The molecule has 2 aromatic heterocycles. The predicted octanol–water partition coefficient (Wildman–Crippen LogP) is 14.6. The molecule has 0 saturated carbocycles. The molecule has 56 heavy (non-hydrogen) atoms. The van der Waals surface area contributed by atoms with Crippen LogP contribution in [0.15, 0.2) is 206 Å². The average molecular weight is 711 g/mol. The van der Waals surface area contributed by atoms with E-state index in [0.717, 1.165) is 44.3 Å². The van der Waals surface area contributed by atoms with Crippen molar-refractivity contribution < 1.29 is 0 Å². The van der Waals surface area contributed by atoms with E-state index >= 15 is 0 Å². The Morgan fingerprint density at radius 3 is 1.29 bits per heavy atom. The van der Waals surface area contributed by atoms with Crippen LogP contribution in [0.25, 0.3) is 110 Å². The number of rotatable bonds is 5. The van der Waals surface area contributed by atoms with Crippen molar-refractivity contribution in [3.8, 4) is 55.9 Å². The van der Waals surface area contributed by atoms with Crippen LogP contribution < -0.4 is 0 Å². The Hall–Kier alpha value is -7.42. The van der Waals surface area contributed by atoms with Crippen molar-refractivity contribution in [1.29, 1.82) is 0 Å². The molecule has 2 heterocycles. The summed E-state index contributed by atoms with van der Waals surface area (Å²) in [5, 5.41) is 9.52. The monoisotopic (exact) mass is 710 g/mol. The lowest BCUT2D eigenvalue weighted by molar-refractivity contribution is 1.37. The van der Waals surface area contributed by atoms with E-state index in [1.54, 1.807) is 0 Å². The zero-order valence-corrected chi connectivity index (χ0v) is 30.5. The van der Waals surface area contributed by atoms with Crippen LogP contribution in [0.1, 0.15) is 0 Å². The van der Waals surface area contributed by atoms with Crippen LogP contribution >= 0.6 is 0 Å². The summed E-state index contributed by atoms with van der Waals surface area (Å²) >= 11 is 0. The maximum atomic E-state index is 5.35. The number of benzene rings is 9. The first-order chi connectivity index (χ1) is 27.8. The SMILES string of the molecule is c1ccc(-c2ccc3ccc4ccc(-c5ccc(-c6ccc7c(-c8ccccc8)c8ccccc8c(-c8ccccc8)c7c6)c6ccccc56)nc4c3n2)cc1. The quantitative estimate of drug-likeness (QED) is 0.131. The molecule has 11 aromatic rings. The fraction of sp³-hybridized carbons (Fsp3) is 0. The molecule has 0 radical (unpaired) electrons. The summed E-state index contributed by atoms with van der Waals surface area (Å²) < 4.78 is 0. The van der Waals surface area contributed by atoms with Crippen LogP contribution in [-0.4, -0.2) is 9.97 Å². The Kier molecular flexibility index (Phi) is 7.53. The molecule has 260 valence electrons. The van der Waals surface area contributed by atoms with Gasteiger partial charge in [-0.15, -0.1) is 0 Å². The van der Waals surface area contributed by atoms with Crippen molar-refractivity contribution in [3.05, 3.63) is 206 Å². The highest BCUT2D eigenvalue weighted by molar-refractivity contribution is 6.22. The van der Waals surface area contributed by atoms with Gasteiger partial charge in [-0.2, -0.15) is 0 Å². The Morgan fingerprint density at radius 1 is 0.250 bits per heavy atom. The van der Waals surface area contributed by atoms with Crippen LogP contribution in [0.2, 0.25) is 0 Å². The van der Waals surface area contributed by atoms with E-state index in [2.05, 4.69) is 200 Å². The summed E-state index contributed by atoms with van der Waals surface area (Å²) in [5.74, 6) is 0. The minimum atomic E-state index is 0.912. The smallest absolute Gasteiger partial charge is 0.0972 e. The predicted molar refractivity (Wildman–Crippen MR) is 237 cm³/mol. The van der Waals surface area contributed by atoms with E-state index in [0.29, 0.717) is 0 Å². The largest absolute Gasteiger partial charge is 0.245 e. The molecule has 0 fully saturated rings. The molecule has 11 rings (SSSR count). The van der Waals surface area contributed by atoms with E-state index in [-0.39, 0.29) is 0 Å². The van der Waals surface area contributed by atoms with Gasteiger partial charge in [-0.1, -0.05) is 188 Å². The van der Waals surface area contributed by atoms with Crippen molar-refractivity contribution in [1.82, 2.24) is 9.97 Å². The third kappa shape index (κ3) is 5.26. The second-order valence-corrected chi connectivity index (χ2v) is 14.5. The summed E-state index contributed by atoms with van der Waals surface area (Å²) in [6.45, 7) is 0. The minimum absolute atomic E-state index is 0.912. The number of nitrogens with zero attached hydrogens (tertiary/aromatic N) is 2. The summed E-state index contributed by atoms with van der Waals surface area (Å²) in [5.41, 5.74) is 13.2.